The highest BCUT2D eigenvalue weighted by Crippen LogP contribution is 1.91. The Hall–Kier alpha value is -0.860. The molecule has 0 saturated heterocycles. The summed E-state index contributed by atoms with van der Waals surface area (Å²) in [5.41, 5.74) is 0. The van der Waals surface area contributed by atoms with Gasteiger partial charge in [-0.3, -0.25) is 0 Å². The van der Waals surface area contributed by atoms with Crippen LogP contribution in [-0.2, 0) is 0 Å². The van der Waals surface area contributed by atoms with E-state index < -0.39 is 0 Å². The third-order valence-electron chi connectivity index (χ3n) is 1.57. The standard InChI is InChI=1S/C8H16N2O/c1-7(2)9-5-6-10(11-9)8(3)4/h5-8H,1-4H3/q+2. The highest BCUT2D eigenvalue weighted by molar-refractivity contribution is 4.42. The van der Waals surface area contributed by atoms with Crippen molar-refractivity contribution in [3.8, 4) is 0 Å². The van der Waals surface area contributed by atoms with Gasteiger partial charge in [0.1, 0.15) is 0 Å². The van der Waals surface area contributed by atoms with Gasteiger partial charge in [0.05, 0.1) is 9.48 Å². The number of hydrogen-bond donors (Lipinski definition) is 0. The molecule has 1 aromatic rings. The molecule has 0 aromatic carbocycles. The summed E-state index contributed by atoms with van der Waals surface area (Å²) in [6, 6.07) is 0.796. The quantitative estimate of drug-likeness (QED) is 0.585. The van der Waals surface area contributed by atoms with Crippen molar-refractivity contribution >= 4 is 0 Å². The second-order valence-electron chi connectivity index (χ2n) is 3.29. The number of rotatable bonds is 2. The van der Waals surface area contributed by atoms with Crippen LogP contribution in [0.3, 0.4) is 0 Å². The molecule has 0 N–H and O–H groups in total. The normalized spacial score (nSPS) is 11.5. The molecule has 11 heavy (non-hydrogen) atoms. The van der Waals surface area contributed by atoms with Gasteiger partial charge in [0.2, 0.25) is 12.1 Å². The Bertz CT molecular complexity index is 205. The predicted molar refractivity (Wildman–Crippen MR) is 39.9 cm³/mol. The zero-order valence-electron chi connectivity index (χ0n) is 7.61. The Balaban J connectivity index is 2.82. The van der Waals surface area contributed by atoms with Gasteiger partial charge in [-0.05, 0) is 0 Å². The van der Waals surface area contributed by atoms with Gasteiger partial charge >= 0.3 is 0 Å². The summed E-state index contributed by atoms with van der Waals surface area (Å²) in [6.45, 7) is 8.37. The fourth-order valence-corrected chi connectivity index (χ4v) is 0.828. The molecule has 0 aliphatic carbocycles. The molecular formula is C8H16N2O+2. The van der Waals surface area contributed by atoms with E-state index in [1.165, 1.54) is 0 Å². The molecule has 0 aliphatic heterocycles. The van der Waals surface area contributed by atoms with Crippen molar-refractivity contribution in [1.29, 1.82) is 0 Å². The van der Waals surface area contributed by atoms with E-state index in [1.54, 1.807) is 0 Å². The van der Waals surface area contributed by atoms with Crippen molar-refractivity contribution in [3.63, 3.8) is 0 Å². The van der Waals surface area contributed by atoms with Gasteiger partial charge in [0.25, 0.3) is 12.4 Å². The molecule has 3 heteroatoms. The molecule has 1 rings (SSSR count). The van der Waals surface area contributed by atoms with Crippen LogP contribution < -0.4 is 9.48 Å². The van der Waals surface area contributed by atoms with E-state index in [4.69, 9.17) is 4.63 Å². The average molecular weight is 156 g/mol. The molecule has 0 radical (unpaired) electrons. The summed E-state index contributed by atoms with van der Waals surface area (Å²) in [7, 11) is 0. The van der Waals surface area contributed by atoms with Gasteiger partial charge in [0, 0.05) is 32.3 Å². The van der Waals surface area contributed by atoms with E-state index in [2.05, 4.69) is 27.7 Å². The summed E-state index contributed by atoms with van der Waals surface area (Å²) in [5, 5.41) is 0. The van der Waals surface area contributed by atoms with E-state index in [0.717, 1.165) is 0 Å². The molecular weight excluding hydrogens is 140 g/mol. The second kappa shape index (κ2) is 3.03. The molecule has 3 nitrogen and oxygen atoms in total. The molecule has 0 spiro atoms. The van der Waals surface area contributed by atoms with Crippen molar-refractivity contribution in [1.82, 2.24) is 0 Å². The summed E-state index contributed by atoms with van der Waals surface area (Å²) in [5.74, 6) is 0. The van der Waals surface area contributed by atoms with Gasteiger partial charge < -0.3 is 0 Å². The van der Waals surface area contributed by atoms with E-state index in [1.807, 2.05) is 21.9 Å². The van der Waals surface area contributed by atoms with Crippen molar-refractivity contribution in [3.05, 3.63) is 12.4 Å². The van der Waals surface area contributed by atoms with Gasteiger partial charge in [0.15, 0.2) is 0 Å². The first-order chi connectivity index (χ1) is 5.11. The van der Waals surface area contributed by atoms with Crippen LogP contribution in [0.1, 0.15) is 39.8 Å². The number of aromatic nitrogens is 2. The molecule has 0 saturated carbocycles. The van der Waals surface area contributed by atoms with Gasteiger partial charge in [-0.25, -0.2) is 0 Å². The Morgan fingerprint density at radius 2 is 1.27 bits per heavy atom. The van der Waals surface area contributed by atoms with Crippen molar-refractivity contribution in [2.75, 3.05) is 0 Å². The second-order valence-corrected chi connectivity index (χ2v) is 3.29. The van der Waals surface area contributed by atoms with Crippen LogP contribution in [0.5, 0.6) is 0 Å². The van der Waals surface area contributed by atoms with Crippen LogP contribution in [0.15, 0.2) is 17.0 Å². The Labute approximate surface area is 67.2 Å². The van der Waals surface area contributed by atoms with E-state index in [-0.39, 0.29) is 0 Å². The first-order valence-electron chi connectivity index (χ1n) is 4.04. The predicted octanol–water partition coefficient (Wildman–Crippen LogP) is 1.02. The van der Waals surface area contributed by atoms with Crippen LogP contribution >= 0.6 is 0 Å². The molecule has 0 bridgehead atoms. The molecule has 1 heterocycles. The van der Waals surface area contributed by atoms with Crippen LogP contribution in [0.4, 0.5) is 0 Å². The van der Waals surface area contributed by atoms with E-state index in [0.29, 0.717) is 12.1 Å². The van der Waals surface area contributed by atoms with Gasteiger partial charge in [-0.2, -0.15) is 0 Å². The Morgan fingerprint density at radius 3 is 1.45 bits per heavy atom. The van der Waals surface area contributed by atoms with Crippen LogP contribution in [0.25, 0.3) is 0 Å². The summed E-state index contributed by atoms with van der Waals surface area (Å²) in [6.07, 6.45) is 3.90. The minimum atomic E-state index is 0.398. The molecule has 0 aliphatic rings. The highest BCUT2D eigenvalue weighted by Gasteiger charge is 2.20. The lowest BCUT2D eigenvalue weighted by molar-refractivity contribution is -1.07. The molecule has 0 amide bonds. The van der Waals surface area contributed by atoms with Gasteiger partial charge in [-0.15, -0.1) is 0 Å². The fourth-order valence-electron chi connectivity index (χ4n) is 0.828. The van der Waals surface area contributed by atoms with E-state index >= 15 is 0 Å². The van der Waals surface area contributed by atoms with Crippen LogP contribution in [0.2, 0.25) is 0 Å². The topological polar surface area (TPSA) is 20.9 Å². The first kappa shape index (κ1) is 8.24. The minimum Gasteiger partial charge on any atom is 0.00209 e. The highest BCUT2D eigenvalue weighted by atomic mass is 16.6. The lowest BCUT2D eigenvalue weighted by Gasteiger charge is -1.87. The Morgan fingerprint density at radius 1 is 0.909 bits per heavy atom. The molecule has 0 unspecified atom stereocenters. The lowest BCUT2D eigenvalue weighted by atomic mass is 10.4. The average Bonchev–Trinajstić information content (AvgIpc) is 2.33. The third kappa shape index (κ3) is 1.79. The van der Waals surface area contributed by atoms with Crippen LogP contribution in [-0.4, -0.2) is 0 Å². The number of hydrogen-bond acceptors (Lipinski definition) is 1. The van der Waals surface area contributed by atoms with Gasteiger partial charge in [-0.1, -0.05) is 0 Å². The molecule has 1 aromatic heterocycles. The summed E-state index contributed by atoms with van der Waals surface area (Å²) in [4.78, 5) is 0. The molecule has 0 fully saturated rings. The minimum absolute atomic E-state index is 0.398. The maximum absolute atomic E-state index is 5.44. The summed E-state index contributed by atoms with van der Waals surface area (Å²) < 4.78 is 9.11. The first-order valence-corrected chi connectivity index (χ1v) is 4.04. The number of nitrogens with zero attached hydrogens (tertiary/aromatic N) is 2. The zero-order valence-corrected chi connectivity index (χ0v) is 7.61. The SMILES string of the molecule is CC(C)[n+]1cc[n+](C(C)C)o1. The largest absolute Gasteiger partial charge is 0.290 e. The fraction of sp³-hybridized carbons (Fsp3) is 0.750. The maximum atomic E-state index is 5.44. The van der Waals surface area contributed by atoms with Crippen molar-refractivity contribution in [2.24, 2.45) is 0 Å². The van der Waals surface area contributed by atoms with Crippen LogP contribution in [0, 0.1) is 0 Å². The zero-order chi connectivity index (χ0) is 8.43. The third-order valence-corrected chi connectivity index (χ3v) is 1.57. The molecule has 0 atom stereocenters. The Kier molecular flexibility index (Phi) is 2.27. The summed E-state index contributed by atoms with van der Waals surface area (Å²) >= 11 is 0. The van der Waals surface area contributed by atoms with E-state index in [9.17, 15) is 0 Å². The van der Waals surface area contributed by atoms with Crippen molar-refractivity contribution in [2.45, 2.75) is 39.8 Å². The smallest absolute Gasteiger partial charge is 0.00209 e. The van der Waals surface area contributed by atoms with Crippen molar-refractivity contribution < 1.29 is 14.1 Å². The lowest BCUT2D eigenvalue weighted by Crippen LogP contribution is -2.41. The molecule has 62 valence electrons. The monoisotopic (exact) mass is 156 g/mol. The maximum Gasteiger partial charge on any atom is 0.290 e.